The van der Waals surface area contributed by atoms with E-state index >= 15 is 0 Å². The van der Waals surface area contributed by atoms with E-state index in [1.807, 2.05) is 18.9 Å². The Kier molecular flexibility index (Phi) is 3.57. The summed E-state index contributed by atoms with van der Waals surface area (Å²) >= 11 is 2.00. The van der Waals surface area contributed by atoms with Crippen molar-refractivity contribution < 1.29 is 4.74 Å². The largest absolute Gasteiger partial charge is 0.381 e. The molecule has 1 aliphatic carbocycles. The van der Waals surface area contributed by atoms with Gasteiger partial charge in [0.25, 0.3) is 0 Å². The molecule has 0 unspecified atom stereocenters. The Labute approximate surface area is 67.5 Å². The van der Waals surface area contributed by atoms with Crippen LogP contribution in [0.2, 0.25) is 0 Å². The fourth-order valence-electron chi connectivity index (χ4n) is 1.50. The molecule has 0 aromatic carbocycles. The van der Waals surface area contributed by atoms with Crippen molar-refractivity contribution in [2.24, 2.45) is 0 Å². The van der Waals surface area contributed by atoms with E-state index in [9.17, 15) is 0 Å². The van der Waals surface area contributed by atoms with Gasteiger partial charge in [-0.3, -0.25) is 0 Å². The second-order valence-corrected chi connectivity index (χ2v) is 4.01. The van der Waals surface area contributed by atoms with Crippen LogP contribution in [0.15, 0.2) is 0 Å². The van der Waals surface area contributed by atoms with Crippen LogP contribution < -0.4 is 0 Å². The molecule has 1 nitrogen and oxygen atoms in total. The predicted octanol–water partition coefficient (Wildman–Crippen LogP) is 2.31. The molecule has 0 saturated heterocycles. The van der Waals surface area contributed by atoms with Crippen molar-refractivity contribution in [2.75, 3.05) is 13.4 Å². The third-order valence-corrected chi connectivity index (χ3v) is 3.43. The first kappa shape index (κ1) is 8.41. The molecule has 2 heteroatoms. The highest BCUT2D eigenvalue weighted by Crippen LogP contribution is 2.27. The van der Waals surface area contributed by atoms with Crippen molar-refractivity contribution >= 4 is 11.8 Å². The molecule has 0 bridgehead atoms. The molecule has 0 amide bonds. The van der Waals surface area contributed by atoms with Crippen LogP contribution in [-0.4, -0.2) is 24.7 Å². The minimum atomic E-state index is 0.559. The smallest absolute Gasteiger partial charge is 0.0572 e. The minimum absolute atomic E-state index is 0.559. The van der Waals surface area contributed by atoms with Crippen molar-refractivity contribution in [1.29, 1.82) is 0 Å². The lowest BCUT2D eigenvalue weighted by atomic mass is 9.97. The van der Waals surface area contributed by atoms with Crippen molar-refractivity contribution in [3.63, 3.8) is 0 Å². The topological polar surface area (TPSA) is 9.23 Å². The molecule has 0 spiro atoms. The molecular formula is C8H16OS. The molecule has 0 aromatic rings. The van der Waals surface area contributed by atoms with E-state index in [-0.39, 0.29) is 0 Å². The minimum Gasteiger partial charge on any atom is -0.381 e. The van der Waals surface area contributed by atoms with Crippen molar-refractivity contribution in [2.45, 2.75) is 37.0 Å². The summed E-state index contributed by atoms with van der Waals surface area (Å²) < 4.78 is 5.27. The average Bonchev–Trinajstić information content (AvgIpc) is 2.05. The Morgan fingerprint density at radius 1 is 1.20 bits per heavy atom. The summed E-state index contributed by atoms with van der Waals surface area (Å²) in [6, 6.07) is 0. The Hall–Kier alpha value is 0.310. The molecule has 60 valence electrons. The second kappa shape index (κ2) is 4.24. The summed E-state index contributed by atoms with van der Waals surface area (Å²) in [5.41, 5.74) is 0. The van der Waals surface area contributed by atoms with E-state index in [1.165, 1.54) is 25.7 Å². The first-order valence-corrected chi connectivity index (χ1v) is 5.21. The van der Waals surface area contributed by atoms with Gasteiger partial charge in [-0.15, -0.1) is 0 Å². The molecule has 0 heterocycles. The maximum Gasteiger partial charge on any atom is 0.0572 e. The van der Waals surface area contributed by atoms with Crippen LogP contribution in [0.5, 0.6) is 0 Å². The Bertz CT molecular complexity index is 75.3. The van der Waals surface area contributed by atoms with Gasteiger partial charge in [0, 0.05) is 12.4 Å². The Balaban J connectivity index is 2.17. The highest BCUT2D eigenvalue weighted by atomic mass is 32.2. The standard InChI is InChI=1S/C8H16OS/c1-9-7-3-5-8(10-2)6-4-7/h7-8H,3-6H2,1-2H3. The molecule has 1 saturated carbocycles. The van der Waals surface area contributed by atoms with Gasteiger partial charge >= 0.3 is 0 Å². The molecule has 10 heavy (non-hydrogen) atoms. The van der Waals surface area contributed by atoms with Gasteiger partial charge < -0.3 is 4.74 Å². The maximum absolute atomic E-state index is 5.27. The fraction of sp³-hybridized carbons (Fsp3) is 1.00. The number of rotatable bonds is 2. The zero-order chi connectivity index (χ0) is 7.40. The Morgan fingerprint density at radius 2 is 1.80 bits per heavy atom. The first-order chi connectivity index (χ1) is 4.86. The van der Waals surface area contributed by atoms with Crippen LogP contribution in [-0.2, 0) is 4.74 Å². The highest BCUT2D eigenvalue weighted by molar-refractivity contribution is 7.99. The highest BCUT2D eigenvalue weighted by Gasteiger charge is 2.19. The van der Waals surface area contributed by atoms with Crippen LogP contribution in [0.4, 0.5) is 0 Å². The third-order valence-electron chi connectivity index (χ3n) is 2.29. The van der Waals surface area contributed by atoms with Gasteiger partial charge in [0.05, 0.1) is 6.10 Å². The van der Waals surface area contributed by atoms with Gasteiger partial charge in [-0.2, -0.15) is 11.8 Å². The van der Waals surface area contributed by atoms with Gasteiger partial charge in [-0.05, 0) is 31.9 Å². The lowest BCUT2D eigenvalue weighted by molar-refractivity contribution is 0.0724. The van der Waals surface area contributed by atoms with E-state index in [4.69, 9.17) is 4.74 Å². The van der Waals surface area contributed by atoms with Crippen LogP contribution in [0.1, 0.15) is 25.7 Å². The van der Waals surface area contributed by atoms with Crippen LogP contribution in [0.3, 0.4) is 0 Å². The van der Waals surface area contributed by atoms with E-state index in [1.54, 1.807) is 0 Å². The van der Waals surface area contributed by atoms with Crippen LogP contribution >= 0.6 is 11.8 Å². The zero-order valence-corrected chi connectivity index (χ0v) is 7.62. The van der Waals surface area contributed by atoms with Gasteiger partial charge in [0.1, 0.15) is 0 Å². The third kappa shape index (κ3) is 2.17. The zero-order valence-electron chi connectivity index (χ0n) is 6.80. The molecule has 1 aliphatic rings. The van der Waals surface area contributed by atoms with Gasteiger partial charge in [-0.25, -0.2) is 0 Å². The summed E-state index contributed by atoms with van der Waals surface area (Å²) in [7, 11) is 1.82. The molecule has 0 N–H and O–H groups in total. The number of hydrogen-bond donors (Lipinski definition) is 0. The maximum atomic E-state index is 5.27. The normalized spacial score (nSPS) is 34.2. The molecule has 0 aromatic heterocycles. The van der Waals surface area contributed by atoms with Gasteiger partial charge in [0.2, 0.25) is 0 Å². The van der Waals surface area contributed by atoms with Gasteiger partial charge in [-0.1, -0.05) is 0 Å². The summed E-state index contributed by atoms with van der Waals surface area (Å²) in [5.74, 6) is 0. The first-order valence-electron chi connectivity index (χ1n) is 3.92. The second-order valence-electron chi connectivity index (χ2n) is 2.87. The molecule has 1 rings (SSSR count). The molecular weight excluding hydrogens is 144 g/mol. The SMILES string of the molecule is COC1CCC(SC)CC1. The lowest BCUT2D eigenvalue weighted by Crippen LogP contribution is -2.21. The van der Waals surface area contributed by atoms with Crippen molar-refractivity contribution in [1.82, 2.24) is 0 Å². The van der Waals surface area contributed by atoms with Gasteiger partial charge in [0.15, 0.2) is 0 Å². The summed E-state index contributed by atoms with van der Waals surface area (Å²) in [5, 5.41) is 0.909. The molecule has 0 atom stereocenters. The van der Waals surface area contributed by atoms with E-state index in [0.29, 0.717) is 6.10 Å². The van der Waals surface area contributed by atoms with E-state index in [0.717, 1.165) is 5.25 Å². The van der Waals surface area contributed by atoms with E-state index in [2.05, 4.69) is 6.26 Å². The summed E-state index contributed by atoms with van der Waals surface area (Å²) in [4.78, 5) is 0. The lowest BCUT2D eigenvalue weighted by Gasteiger charge is -2.25. The number of methoxy groups -OCH3 is 1. The predicted molar refractivity (Wildman–Crippen MR) is 46.6 cm³/mol. The Morgan fingerprint density at radius 3 is 2.20 bits per heavy atom. The van der Waals surface area contributed by atoms with Crippen molar-refractivity contribution in [3.05, 3.63) is 0 Å². The molecule has 0 aliphatic heterocycles. The average molecular weight is 160 g/mol. The van der Waals surface area contributed by atoms with Crippen molar-refractivity contribution in [3.8, 4) is 0 Å². The van der Waals surface area contributed by atoms with E-state index < -0.39 is 0 Å². The summed E-state index contributed by atoms with van der Waals surface area (Å²) in [6.07, 6.45) is 7.99. The number of ether oxygens (including phenoxy) is 1. The summed E-state index contributed by atoms with van der Waals surface area (Å²) in [6.45, 7) is 0. The molecule has 1 fully saturated rings. The molecule has 0 radical (unpaired) electrons. The monoisotopic (exact) mass is 160 g/mol. The van der Waals surface area contributed by atoms with Crippen LogP contribution in [0.25, 0.3) is 0 Å². The van der Waals surface area contributed by atoms with Crippen LogP contribution in [0, 0.1) is 0 Å². The quantitative estimate of drug-likeness (QED) is 0.613. The fourth-order valence-corrected chi connectivity index (χ4v) is 2.25. The number of thioether (sulfide) groups is 1. The number of hydrogen-bond acceptors (Lipinski definition) is 2.